The molecule has 0 saturated carbocycles. The smallest absolute Gasteiger partial charge is 0.226 e. The van der Waals surface area contributed by atoms with Crippen molar-refractivity contribution in [2.45, 2.75) is 51.1 Å². The minimum absolute atomic E-state index is 0.296. The van der Waals surface area contributed by atoms with Crippen LogP contribution in [0.2, 0.25) is 0 Å². The Morgan fingerprint density at radius 1 is 1.35 bits per heavy atom. The predicted octanol–water partition coefficient (Wildman–Crippen LogP) is 2.40. The fourth-order valence-electron chi connectivity index (χ4n) is 3.46. The monoisotopic (exact) mass is 314 g/mol. The van der Waals surface area contributed by atoms with Gasteiger partial charge in [-0.05, 0) is 45.2 Å². The van der Waals surface area contributed by atoms with Gasteiger partial charge < -0.3 is 4.90 Å². The van der Waals surface area contributed by atoms with E-state index < -0.39 is 0 Å². The summed E-state index contributed by atoms with van der Waals surface area (Å²) < 4.78 is 0. The van der Waals surface area contributed by atoms with Gasteiger partial charge in [-0.15, -0.1) is 0 Å². The molecule has 2 heterocycles. The number of likely N-dealkylation sites (N-methyl/N-ethyl adjacent to an activating group) is 1. The SMILES string of the molecule is CN(Cc1ncccn1)[C@H]1CCN(C(=O)CC2=CCCCC2)C1. The maximum Gasteiger partial charge on any atom is 0.226 e. The van der Waals surface area contributed by atoms with Crippen molar-refractivity contribution >= 4 is 5.91 Å². The summed E-state index contributed by atoms with van der Waals surface area (Å²) in [5.41, 5.74) is 1.34. The Hall–Kier alpha value is -1.75. The van der Waals surface area contributed by atoms with Gasteiger partial charge in [0.15, 0.2) is 0 Å². The zero-order valence-electron chi connectivity index (χ0n) is 13.9. The molecule has 1 saturated heterocycles. The lowest BCUT2D eigenvalue weighted by Gasteiger charge is -2.24. The van der Waals surface area contributed by atoms with Crippen LogP contribution in [-0.2, 0) is 11.3 Å². The number of aromatic nitrogens is 2. The van der Waals surface area contributed by atoms with Crippen LogP contribution in [0.4, 0.5) is 0 Å². The van der Waals surface area contributed by atoms with Crippen molar-refractivity contribution in [1.82, 2.24) is 19.8 Å². The summed E-state index contributed by atoms with van der Waals surface area (Å²) in [5, 5.41) is 0. The number of carbonyl (C=O) groups excluding carboxylic acids is 1. The van der Waals surface area contributed by atoms with Crippen LogP contribution in [0.1, 0.15) is 44.3 Å². The standard InChI is InChI=1S/C18H26N4O/c1-21(14-17-19-9-5-10-20-17)16-8-11-22(13-16)18(23)12-15-6-3-2-4-7-15/h5-6,9-10,16H,2-4,7-8,11-14H2,1H3/t16-/m0/s1. The lowest BCUT2D eigenvalue weighted by molar-refractivity contribution is -0.129. The third kappa shape index (κ3) is 4.38. The maximum atomic E-state index is 12.5. The highest BCUT2D eigenvalue weighted by Gasteiger charge is 2.29. The highest BCUT2D eigenvalue weighted by molar-refractivity contribution is 5.79. The van der Waals surface area contributed by atoms with E-state index in [-0.39, 0.29) is 0 Å². The molecule has 1 aromatic rings. The number of hydrogen-bond donors (Lipinski definition) is 0. The quantitative estimate of drug-likeness (QED) is 0.783. The second-order valence-electron chi connectivity index (χ2n) is 6.65. The molecule has 0 spiro atoms. The normalized spacial score (nSPS) is 21.6. The fourth-order valence-corrected chi connectivity index (χ4v) is 3.46. The summed E-state index contributed by atoms with van der Waals surface area (Å²) in [7, 11) is 2.10. The van der Waals surface area contributed by atoms with Crippen molar-refractivity contribution < 1.29 is 4.79 Å². The molecule has 1 aliphatic heterocycles. The summed E-state index contributed by atoms with van der Waals surface area (Å²) in [6.45, 7) is 2.44. The second-order valence-corrected chi connectivity index (χ2v) is 6.65. The molecule has 0 aromatic carbocycles. The average Bonchev–Trinajstić information content (AvgIpc) is 3.07. The van der Waals surface area contributed by atoms with Crippen LogP contribution in [-0.4, -0.2) is 51.9 Å². The minimum atomic E-state index is 0.296. The molecule has 0 bridgehead atoms. The van der Waals surface area contributed by atoms with Gasteiger partial charge in [-0.1, -0.05) is 11.6 Å². The molecule has 1 fully saturated rings. The Balaban J connectivity index is 1.49. The van der Waals surface area contributed by atoms with Gasteiger partial charge in [0.25, 0.3) is 0 Å². The van der Waals surface area contributed by atoms with E-state index in [0.717, 1.165) is 44.7 Å². The molecular formula is C18H26N4O. The van der Waals surface area contributed by atoms with E-state index in [2.05, 4.69) is 28.0 Å². The molecule has 23 heavy (non-hydrogen) atoms. The largest absolute Gasteiger partial charge is 0.341 e. The molecule has 0 N–H and O–H groups in total. The third-order valence-corrected chi connectivity index (χ3v) is 4.91. The van der Waals surface area contributed by atoms with Crippen molar-refractivity contribution in [2.24, 2.45) is 0 Å². The van der Waals surface area contributed by atoms with Crippen molar-refractivity contribution in [1.29, 1.82) is 0 Å². The average molecular weight is 314 g/mol. The molecule has 124 valence electrons. The molecule has 5 nitrogen and oxygen atoms in total. The zero-order valence-corrected chi connectivity index (χ0v) is 13.9. The van der Waals surface area contributed by atoms with E-state index >= 15 is 0 Å². The van der Waals surface area contributed by atoms with E-state index in [4.69, 9.17) is 0 Å². The highest BCUT2D eigenvalue weighted by atomic mass is 16.2. The number of rotatable bonds is 5. The Morgan fingerprint density at radius 3 is 2.91 bits per heavy atom. The van der Waals surface area contributed by atoms with Gasteiger partial charge in [0.05, 0.1) is 6.54 Å². The minimum Gasteiger partial charge on any atom is -0.341 e. The van der Waals surface area contributed by atoms with Gasteiger partial charge in [0.2, 0.25) is 5.91 Å². The van der Waals surface area contributed by atoms with E-state index in [1.165, 1.54) is 18.4 Å². The van der Waals surface area contributed by atoms with E-state index in [0.29, 0.717) is 18.4 Å². The van der Waals surface area contributed by atoms with Crippen LogP contribution in [0.25, 0.3) is 0 Å². The summed E-state index contributed by atoms with van der Waals surface area (Å²) in [5.74, 6) is 1.14. The Labute approximate surface area is 138 Å². The number of allylic oxidation sites excluding steroid dienone is 1. The Morgan fingerprint density at radius 2 is 2.17 bits per heavy atom. The molecular weight excluding hydrogens is 288 g/mol. The van der Waals surface area contributed by atoms with E-state index in [1.54, 1.807) is 12.4 Å². The van der Waals surface area contributed by atoms with E-state index in [1.807, 2.05) is 11.0 Å². The van der Waals surface area contributed by atoms with Crippen LogP contribution in [0.3, 0.4) is 0 Å². The number of carbonyl (C=O) groups is 1. The molecule has 3 rings (SSSR count). The first kappa shape index (κ1) is 16.1. The molecule has 5 heteroatoms. The summed E-state index contributed by atoms with van der Waals surface area (Å²) >= 11 is 0. The first-order chi connectivity index (χ1) is 11.2. The zero-order chi connectivity index (χ0) is 16.1. The molecule has 1 atom stereocenters. The third-order valence-electron chi connectivity index (χ3n) is 4.91. The van der Waals surface area contributed by atoms with Crippen molar-refractivity contribution in [3.63, 3.8) is 0 Å². The lowest BCUT2D eigenvalue weighted by atomic mass is 9.97. The summed E-state index contributed by atoms with van der Waals surface area (Å²) in [6.07, 6.45) is 12.2. The van der Waals surface area contributed by atoms with Gasteiger partial charge in [-0.2, -0.15) is 0 Å². The number of amides is 1. The Kier molecular flexibility index (Phi) is 5.39. The van der Waals surface area contributed by atoms with Crippen LogP contribution < -0.4 is 0 Å². The first-order valence-electron chi connectivity index (χ1n) is 8.64. The maximum absolute atomic E-state index is 12.5. The number of nitrogens with zero attached hydrogens (tertiary/aromatic N) is 4. The van der Waals surface area contributed by atoms with Gasteiger partial charge in [-0.25, -0.2) is 9.97 Å². The van der Waals surface area contributed by atoms with Crippen molar-refractivity contribution in [3.8, 4) is 0 Å². The lowest BCUT2D eigenvalue weighted by Crippen LogP contribution is -2.36. The summed E-state index contributed by atoms with van der Waals surface area (Å²) in [4.78, 5) is 25.3. The van der Waals surface area contributed by atoms with Gasteiger partial charge >= 0.3 is 0 Å². The van der Waals surface area contributed by atoms with Crippen LogP contribution in [0.15, 0.2) is 30.1 Å². The predicted molar refractivity (Wildman–Crippen MR) is 89.7 cm³/mol. The second kappa shape index (κ2) is 7.68. The van der Waals surface area contributed by atoms with E-state index in [9.17, 15) is 4.79 Å². The number of hydrogen-bond acceptors (Lipinski definition) is 4. The van der Waals surface area contributed by atoms with Crippen LogP contribution in [0.5, 0.6) is 0 Å². The van der Waals surface area contributed by atoms with Crippen LogP contribution in [0, 0.1) is 0 Å². The van der Waals surface area contributed by atoms with Crippen LogP contribution >= 0.6 is 0 Å². The summed E-state index contributed by atoms with van der Waals surface area (Å²) in [6, 6.07) is 2.24. The van der Waals surface area contributed by atoms with Crippen molar-refractivity contribution in [2.75, 3.05) is 20.1 Å². The number of likely N-dealkylation sites (tertiary alicyclic amines) is 1. The Bertz CT molecular complexity index is 557. The molecule has 1 aliphatic carbocycles. The molecule has 1 aromatic heterocycles. The topological polar surface area (TPSA) is 49.3 Å². The molecule has 2 aliphatic rings. The molecule has 1 amide bonds. The van der Waals surface area contributed by atoms with Gasteiger partial charge in [-0.3, -0.25) is 9.69 Å². The first-order valence-corrected chi connectivity index (χ1v) is 8.64. The van der Waals surface area contributed by atoms with Gasteiger partial charge in [0, 0.05) is 37.9 Å². The fraction of sp³-hybridized carbons (Fsp3) is 0.611. The van der Waals surface area contributed by atoms with Gasteiger partial charge in [0.1, 0.15) is 5.82 Å². The highest BCUT2D eigenvalue weighted by Crippen LogP contribution is 2.23. The molecule has 0 unspecified atom stereocenters. The molecule has 0 radical (unpaired) electrons. The van der Waals surface area contributed by atoms with Crippen molar-refractivity contribution in [3.05, 3.63) is 35.9 Å².